The molecule has 20 heavy (non-hydrogen) atoms. The van der Waals surface area contributed by atoms with Crippen LogP contribution in [0.1, 0.15) is 33.3 Å². The van der Waals surface area contributed by atoms with E-state index >= 15 is 0 Å². The Morgan fingerprint density at radius 1 is 1.30 bits per heavy atom. The van der Waals surface area contributed by atoms with Crippen LogP contribution in [0.2, 0.25) is 5.02 Å². The molecule has 1 aromatic rings. The van der Waals surface area contributed by atoms with Crippen molar-refractivity contribution >= 4 is 29.1 Å². The third kappa shape index (κ3) is 4.85. The summed E-state index contributed by atoms with van der Waals surface area (Å²) in [5.41, 5.74) is 1.23. The van der Waals surface area contributed by atoms with E-state index < -0.39 is 0 Å². The van der Waals surface area contributed by atoms with E-state index in [1.807, 2.05) is 27.7 Å². The van der Waals surface area contributed by atoms with E-state index in [1.54, 1.807) is 18.2 Å². The van der Waals surface area contributed by atoms with E-state index in [2.05, 4.69) is 5.32 Å². The summed E-state index contributed by atoms with van der Waals surface area (Å²) in [6, 6.07) is 5.24. The Hall–Kier alpha value is -1.55. The van der Waals surface area contributed by atoms with E-state index in [0.717, 1.165) is 5.56 Å². The normalized spacial score (nSPS) is 11.1. The van der Waals surface area contributed by atoms with Crippen molar-refractivity contribution in [1.29, 1.82) is 0 Å². The molecule has 0 aliphatic carbocycles. The van der Waals surface area contributed by atoms with Gasteiger partial charge >= 0.3 is 0 Å². The van der Waals surface area contributed by atoms with Gasteiger partial charge in [0.15, 0.2) is 0 Å². The molecule has 4 nitrogen and oxygen atoms in total. The summed E-state index contributed by atoms with van der Waals surface area (Å²) < 4.78 is 0. The lowest BCUT2D eigenvalue weighted by Gasteiger charge is -2.26. The highest BCUT2D eigenvalue weighted by atomic mass is 35.5. The van der Waals surface area contributed by atoms with E-state index in [4.69, 9.17) is 11.6 Å². The summed E-state index contributed by atoms with van der Waals surface area (Å²) in [5.74, 6) is -0.374. The summed E-state index contributed by atoms with van der Waals surface area (Å²) in [4.78, 5) is 25.2. The molecule has 0 aliphatic heterocycles. The molecular weight excluding hydrogens is 276 g/mol. The van der Waals surface area contributed by atoms with Gasteiger partial charge < -0.3 is 10.2 Å². The Balaban J connectivity index is 2.96. The lowest BCUT2D eigenvalue weighted by atomic mass is 10.1. The van der Waals surface area contributed by atoms with Crippen LogP contribution in [-0.2, 0) is 9.59 Å². The minimum absolute atomic E-state index is 0.00489. The Morgan fingerprint density at radius 3 is 2.35 bits per heavy atom. The minimum atomic E-state index is -0.325. The molecule has 1 aromatic carbocycles. The average molecular weight is 297 g/mol. The lowest BCUT2D eigenvalue weighted by Crippen LogP contribution is -2.47. The number of carbonyl (C=O) groups is 2. The van der Waals surface area contributed by atoms with E-state index in [1.165, 1.54) is 11.8 Å². The van der Waals surface area contributed by atoms with E-state index in [9.17, 15) is 9.59 Å². The molecule has 0 saturated carbocycles. The molecule has 110 valence electrons. The molecule has 0 atom stereocenters. The van der Waals surface area contributed by atoms with Crippen molar-refractivity contribution in [2.45, 2.75) is 40.2 Å². The van der Waals surface area contributed by atoms with Gasteiger partial charge in [-0.2, -0.15) is 0 Å². The van der Waals surface area contributed by atoms with Gasteiger partial charge in [-0.1, -0.05) is 11.6 Å². The van der Waals surface area contributed by atoms with E-state index in [-0.39, 0.29) is 23.9 Å². The van der Waals surface area contributed by atoms with Crippen molar-refractivity contribution in [2.24, 2.45) is 0 Å². The van der Waals surface area contributed by atoms with Crippen molar-refractivity contribution in [3.05, 3.63) is 28.8 Å². The van der Waals surface area contributed by atoms with Gasteiger partial charge in [-0.25, -0.2) is 0 Å². The molecule has 1 N–H and O–H groups in total. The summed E-state index contributed by atoms with van der Waals surface area (Å²) in [6.45, 7) is 9.00. The molecule has 0 fully saturated rings. The first-order valence-electron chi connectivity index (χ1n) is 6.45. The second kappa shape index (κ2) is 6.27. The first kappa shape index (κ1) is 16.5. The number of nitrogens with zero attached hydrogens (tertiary/aromatic N) is 1. The molecule has 0 aromatic heterocycles. The van der Waals surface area contributed by atoms with Gasteiger partial charge in [0.1, 0.15) is 6.54 Å². The topological polar surface area (TPSA) is 49.4 Å². The number of nitrogens with one attached hydrogen (secondary N) is 1. The van der Waals surface area contributed by atoms with Crippen LogP contribution in [0.3, 0.4) is 0 Å². The molecular formula is C15H21ClN2O2. The van der Waals surface area contributed by atoms with Crippen molar-refractivity contribution in [1.82, 2.24) is 5.32 Å². The van der Waals surface area contributed by atoms with Gasteiger partial charge in [0.05, 0.1) is 0 Å². The van der Waals surface area contributed by atoms with Gasteiger partial charge in [0, 0.05) is 23.2 Å². The molecule has 0 bridgehead atoms. The highest BCUT2D eigenvalue weighted by Crippen LogP contribution is 2.23. The number of rotatable bonds is 3. The molecule has 0 saturated heterocycles. The summed E-state index contributed by atoms with van der Waals surface area (Å²) in [7, 11) is 0. The van der Waals surface area contributed by atoms with Crippen molar-refractivity contribution in [3.63, 3.8) is 0 Å². The van der Waals surface area contributed by atoms with E-state index in [0.29, 0.717) is 10.7 Å². The maximum atomic E-state index is 12.0. The van der Waals surface area contributed by atoms with Crippen LogP contribution in [-0.4, -0.2) is 23.9 Å². The SMILES string of the molecule is CC(=O)N(CC(=O)NC(C)(C)C)c1ccc(Cl)cc1C. The van der Waals surface area contributed by atoms with Crippen LogP contribution >= 0.6 is 11.6 Å². The molecule has 0 heterocycles. The number of aryl methyl sites for hydroxylation is 1. The maximum absolute atomic E-state index is 12.0. The van der Waals surface area contributed by atoms with Gasteiger partial charge in [-0.15, -0.1) is 0 Å². The summed E-state index contributed by atoms with van der Waals surface area (Å²) >= 11 is 5.91. The molecule has 1 rings (SSSR count). The van der Waals surface area contributed by atoms with Crippen LogP contribution in [0, 0.1) is 6.92 Å². The number of anilines is 1. The Bertz CT molecular complexity index is 521. The quantitative estimate of drug-likeness (QED) is 0.932. The number of amides is 2. The second-order valence-electron chi connectivity index (χ2n) is 5.83. The highest BCUT2D eigenvalue weighted by Gasteiger charge is 2.20. The Morgan fingerprint density at radius 2 is 1.90 bits per heavy atom. The zero-order valence-electron chi connectivity index (χ0n) is 12.6. The second-order valence-corrected chi connectivity index (χ2v) is 6.27. The number of carbonyl (C=O) groups excluding carboxylic acids is 2. The van der Waals surface area contributed by atoms with Crippen LogP contribution in [0.4, 0.5) is 5.69 Å². The zero-order valence-corrected chi connectivity index (χ0v) is 13.3. The third-order valence-electron chi connectivity index (χ3n) is 2.65. The van der Waals surface area contributed by atoms with Gasteiger partial charge in [-0.05, 0) is 51.5 Å². The van der Waals surface area contributed by atoms with Crippen LogP contribution in [0.5, 0.6) is 0 Å². The Labute approximate surface area is 125 Å². The van der Waals surface area contributed by atoms with Crippen molar-refractivity contribution < 1.29 is 9.59 Å². The fraction of sp³-hybridized carbons (Fsp3) is 0.467. The molecule has 0 unspecified atom stereocenters. The maximum Gasteiger partial charge on any atom is 0.240 e. The number of hydrogen-bond acceptors (Lipinski definition) is 2. The molecule has 0 radical (unpaired) electrons. The highest BCUT2D eigenvalue weighted by molar-refractivity contribution is 6.30. The van der Waals surface area contributed by atoms with Gasteiger partial charge in [0.25, 0.3) is 0 Å². The standard InChI is InChI=1S/C15H21ClN2O2/c1-10-8-12(16)6-7-13(10)18(11(2)19)9-14(20)17-15(3,4)5/h6-8H,9H2,1-5H3,(H,17,20). The predicted molar refractivity (Wildman–Crippen MR) is 82.1 cm³/mol. The number of benzene rings is 1. The minimum Gasteiger partial charge on any atom is -0.350 e. The zero-order chi connectivity index (χ0) is 15.5. The third-order valence-corrected chi connectivity index (χ3v) is 2.88. The van der Waals surface area contributed by atoms with Crippen molar-refractivity contribution in [3.8, 4) is 0 Å². The largest absolute Gasteiger partial charge is 0.350 e. The van der Waals surface area contributed by atoms with Crippen molar-refractivity contribution in [2.75, 3.05) is 11.4 Å². The number of hydrogen-bond donors (Lipinski definition) is 1. The number of halogens is 1. The fourth-order valence-corrected chi connectivity index (χ4v) is 2.12. The first-order chi connectivity index (χ1) is 9.10. The summed E-state index contributed by atoms with van der Waals surface area (Å²) in [5, 5.41) is 3.45. The smallest absolute Gasteiger partial charge is 0.240 e. The molecule has 0 spiro atoms. The van der Waals surface area contributed by atoms with Crippen LogP contribution < -0.4 is 10.2 Å². The van der Waals surface area contributed by atoms with Crippen LogP contribution in [0.15, 0.2) is 18.2 Å². The predicted octanol–water partition coefficient (Wildman–Crippen LogP) is 2.92. The van der Waals surface area contributed by atoms with Crippen LogP contribution in [0.25, 0.3) is 0 Å². The van der Waals surface area contributed by atoms with Gasteiger partial charge in [-0.3, -0.25) is 9.59 Å². The summed E-state index contributed by atoms with van der Waals surface area (Å²) in [6.07, 6.45) is 0. The van der Waals surface area contributed by atoms with Gasteiger partial charge in [0.2, 0.25) is 11.8 Å². The monoisotopic (exact) mass is 296 g/mol. The Kier molecular flexibility index (Phi) is 5.17. The average Bonchev–Trinajstić information content (AvgIpc) is 2.23. The fourth-order valence-electron chi connectivity index (χ4n) is 1.89. The molecule has 0 aliphatic rings. The lowest BCUT2D eigenvalue weighted by molar-refractivity contribution is -0.124. The molecule has 5 heteroatoms. The first-order valence-corrected chi connectivity index (χ1v) is 6.83. The molecule has 2 amide bonds.